The van der Waals surface area contributed by atoms with E-state index in [1.807, 2.05) is 6.92 Å². The second-order valence-corrected chi connectivity index (χ2v) is 5.64. The molecule has 0 aliphatic carbocycles. The SMILES string of the molecule is CCOc1ccc(NC(=O)c2ccc(NC(=O)C3=COCCO3)cc2)cc1. The fourth-order valence-corrected chi connectivity index (χ4v) is 2.39. The summed E-state index contributed by atoms with van der Waals surface area (Å²) >= 11 is 0. The predicted octanol–water partition coefficient (Wildman–Crippen LogP) is 3.16. The lowest BCUT2D eigenvalue weighted by Crippen LogP contribution is -2.21. The van der Waals surface area contributed by atoms with Gasteiger partial charge in [0.1, 0.15) is 25.2 Å². The van der Waals surface area contributed by atoms with Crippen LogP contribution < -0.4 is 15.4 Å². The van der Waals surface area contributed by atoms with Crippen LogP contribution in [0.4, 0.5) is 11.4 Å². The van der Waals surface area contributed by atoms with E-state index >= 15 is 0 Å². The van der Waals surface area contributed by atoms with Gasteiger partial charge in [-0.25, -0.2) is 0 Å². The van der Waals surface area contributed by atoms with Crippen LogP contribution in [0, 0.1) is 0 Å². The quantitative estimate of drug-likeness (QED) is 0.818. The van der Waals surface area contributed by atoms with Gasteiger partial charge in [-0.1, -0.05) is 0 Å². The standard InChI is InChI=1S/C20H20N2O5/c1-2-26-17-9-7-16(8-10-17)21-19(23)14-3-5-15(6-4-14)22-20(24)18-13-25-11-12-27-18/h3-10,13H,2,11-12H2,1H3,(H,21,23)(H,22,24). The molecule has 7 heteroatoms. The molecule has 2 aromatic rings. The van der Waals surface area contributed by atoms with E-state index in [-0.39, 0.29) is 11.7 Å². The van der Waals surface area contributed by atoms with Crippen LogP contribution in [-0.4, -0.2) is 31.6 Å². The summed E-state index contributed by atoms with van der Waals surface area (Å²) in [6.45, 7) is 3.26. The Labute approximate surface area is 156 Å². The highest BCUT2D eigenvalue weighted by Gasteiger charge is 2.15. The van der Waals surface area contributed by atoms with Crippen LogP contribution in [0.1, 0.15) is 17.3 Å². The number of amides is 2. The molecule has 3 rings (SSSR count). The molecule has 0 radical (unpaired) electrons. The first kappa shape index (κ1) is 18.3. The van der Waals surface area contributed by atoms with Crippen LogP contribution >= 0.6 is 0 Å². The Morgan fingerprint density at radius 1 is 0.926 bits per heavy atom. The van der Waals surface area contributed by atoms with Gasteiger partial charge in [-0.3, -0.25) is 9.59 Å². The van der Waals surface area contributed by atoms with Crippen molar-refractivity contribution in [1.82, 2.24) is 0 Å². The van der Waals surface area contributed by atoms with Crippen LogP contribution in [0.2, 0.25) is 0 Å². The molecule has 7 nitrogen and oxygen atoms in total. The summed E-state index contributed by atoms with van der Waals surface area (Å²) in [7, 11) is 0. The van der Waals surface area contributed by atoms with E-state index in [0.717, 1.165) is 5.75 Å². The molecular formula is C20H20N2O5. The Morgan fingerprint density at radius 2 is 1.56 bits per heavy atom. The molecule has 2 N–H and O–H groups in total. The Balaban J connectivity index is 1.58. The van der Waals surface area contributed by atoms with Gasteiger partial charge in [0.15, 0.2) is 0 Å². The highest BCUT2D eigenvalue weighted by Crippen LogP contribution is 2.17. The third-order valence-electron chi connectivity index (χ3n) is 3.70. The minimum absolute atomic E-state index is 0.124. The molecule has 2 amide bonds. The normalized spacial score (nSPS) is 12.9. The number of nitrogens with one attached hydrogen (secondary N) is 2. The van der Waals surface area contributed by atoms with Gasteiger partial charge >= 0.3 is 0 Å². The average molecular weight is 368 g/mol. The van der Waals surface area contributed by atoms with Gasteiger partial charge in [0.05, 0.1) is 6.61 Å². The molecule has 0 bridgehead atoms. The van der Waals surface area contributed by atoms with Crippen molar-refractivity contribution < 1.29 is 23.8 Å². The maximum Gasteiger partial charge on any atom is 0.294 e. The highest BCUT2D eigenvalue weighted by atomic mass is 16.6. The zero-order valence-corrected chi connectivity index (χ0v) is 14.9. The summed E-state index contributed by atoms with van der Waals surface area (Å²) < 4.78 is 15.6. The van der Waals surface area contributed by atoms with E-state index in [0.29, 0.717) is 36.8 Å². The van der Waals surface area contributed by atoms with E-state index in [9.17, 15) is 9.59 Å². The molecular weight excluding hydrogens is 348 g/mol. The number of benzene rings is 2. The van der Waals surface area contributed by atoms with Gasteiger partial charge in [0, 0.05) is 16.9 Å². The van der Waals surface area contributed by atoms with Crippen molar-refractivity contribution in [3.8, 4) is 5.75 Å². The molecule has 2 aromatic carbocycles. The van der Waals surface area contributed by atoms with Gasteiger partial charge in [0.25, 0.3) is 11.8 Å². The van der Waals surface area contributed by atoms with Gasteiger partial charge in [0.2, 0.25) is 5.76 Å². The maximum atomic E-state index is 12.3. The predicted molar refractivity (Wildman–Crippen MR) is 101 cm³/mol. The van der Waals surface area contributed by atoms with E-state index in [4.69, 9.17) is 14.2 Å². The van der Waals surface area contributed by atoms with Crippen molar-refractivity contribution in [2.75, 3.05) is 30.5 Å². The topological polar surface area (TPSA) is 85.9 Å². The lowest BCUT2D eigenvalue weighted by atomic mass is 10.2. The zero-order valence-electron chi connectivity index (χ0n) is 14.9. The van der Waals surface area contributed by atoms with Crippen molar-refractivity contribution >= 4 is 23.2 Å². The lowest BCUT2D eigenvalue weighted by molar-refractivity contribution is -0.117. The monoisotopic (exact) mass is 368 g/mol. The van der Waals surface area contributed by atoms with Gasteiger partial charge in [-0.2, -0.15) is 0 Å². The first-order valence-electron chi connectivity index (χ1n) is 8.56. The molecule has 0 spiro atoms. The first-order valence-corrected chi connectivity index (χ1v) is 8.56. The van der Waals surface area contributed by atoms with Crippen molar-refractivity contribution in [2.45, 2.75) is 6.92 Å². The summed E-state index contributed by atoms with van der Waals surface area (Å²) in [5.74, 6) is 0.224. The second kappa shape index (κ2) is 8.75. The summed E-state index contributed by atoms with van der Waals surface area (Å²) in [5, 5.41) is 5.50. The molecule has 140 valence electrons. The summed E-state index contributed by atoms with van der Waals surface area (Å²) in [6.07, 6.45) is 1.29. The van der Waals surface area contributed by atoms with Gasteiger partial charge in [-0.05, 0) is 55.5 Å². The van der Waals surface area contributed by atoms with Crippen molar-refractivity contribution in [3.05, 3.63) is 66.1 Å². The Hall–Kier alpha value is -3.48. The Morgan fingerprint density at radius 3 is 2.15 bits per heavy atom. The van der Waals surface area contributed by atoms with Crippen LogP contribution in [-0.2, 0) is 14.3 Å². The van der Waals surface area contributed by atoms with Gasteiger partial charge in [-0.15, -0.1) is 0 Å². The molecule has 0 fully saturated rings. The van der Waals surface area contributed by atoms with Crippen molar-refractivity contribution in [1.29, 1.82) is 0 Å². The second-order valence-electron chi connectivity index (χ2n) is 5.64. The Bertz CT molecular complexity index is 828. The summed E-state index contributed by atoms with van der Waals surface area (Å²) in [4.78, 5) is 24.4. The number of rotatable bonds is 6. The molecule has 1 heterocycles. The molecule has 0 saturated carbocycles. The summed E-state index contributed by atoms with van der Waals surface area (Å²) in [6, 6.07) is 13.7. The third-order valence-corrected chi connectivity index (χ3v) is 3.70. The molecule has 0 atom stereocenters. The number of hydrogen-bond acceptors (Lipinski definition) is 5. The smallest absolute Gasteiger partial charge is 0.294 e. The number of carbonyl (C=O) groups is 2. The highest BCUT2D eigenvalue weighted by molar-refractivity contribution is 6.05. The van der Waals surface area contributed by atoms with Crippen molar-refractivity contribution in [2.24, 2.45) is 0 Å². The van der Waals surface area contributed by atoms with Crippen LogP contribution in [0.25, 0.3) is 0 Å². The Kier molecular flexibility index (Phi) is 5.94. The minimum atomic E-state index is -0.402. The molecule has 0 unspecified atom stereocenters. The number of anilines is 2. The van der Waals surface area contributed by atoms with Crippen LogP contribution in [0.5, 0.6) is 5.75 Å². The van der Waals surface area contributed by atoms with Gasteiger partial charge < -0.3 is 24.8 Å². The molecule has 1 aliphatic heterocycles. The van der Waals surface area contributed by atoms with E-state index in [1.165, 1.54) is 6.26 Å². The third kappa shape index (κ3) is 5.01. The number of carbonyl (C=O) groups excluding carboxylic acids is 2. The molecule has 0 aromatic heterocycles. The van der Waals surface area contributed by atoms with Crippen LogP contribution in [0.15, 0.2) is 60.6 Å². The van der Waals surface area contributed by atoms with Crippen LogP contribution in [0.3, 0.4) is 0 Å². The van der Waals surface area contributed by atoms with Crippen molar-refractivity contribution in [3.63, 3.8) is 0 Å². The molecule has 27 heavy (non-hydrogen) atoms. The number of hydrogen-bond donors (Lipinski definition) is 2. The number of ether oxygens (including phenoxy) is 3. The van der Waals surface area contributed by atoms with E-state index < -0.39 is 5.91 Å². The molecule has 1 aliphatic rings. The largest absolute Gasteiger partial charge is 0.494 e. The lowest BCUT2D eigenvalue weighted by Gasteiger charge is -2.15. The maximum absolute atomic E-state index is 12.3. The fourth-order valence-electron chi connectivity index (χ4n) is 2.39. The fraction of sp³-hybridized carbons (Fsp3) is 0.200. The summed E-state index contributed by atoms with van der Waals surface area (Å²) in [5.41, 5.74) is 1.69. The minimum Gasteiger partial charge on any atom is -0.494 e. The van der Waals surface area contributed by atoms with E-state index in [2.05, 4.69) is 10.6 Å². The zero-order chi connectivity index (χ0) is 19.1. The molecule has 0 saturated heterocycles. The first-order chi connectivity index (χ1) is 13.2. The van der Waals surface area contributed by atoms with E-state index in [1.54, 1.807) is 48.5 Å². The average Bonchev–Trinajstić information content (AvgIpc) is 2.71.